The van der Waals surface area contributed by atoms with E-state index >= 15 is 0 Å². The number of aliphatic hydroxyl groups is 1. The molecule has 2 atom stereocenters. The van der Waals surface area contributed by atoms with Gasteiger partial charge in [-0.2, -0.15) is 9.78 Å². The Morgan fingerprint density at radius 2 is 2.00 bits per heavy atom. The maximum absolute atomic E-state index is 8.58. The van der Waals surface area contributed by atoms with Crippen LogP contribution in [0.2, 0.25) is 0 Å². The van der Waals surface area contributed by atoms with Crippen molar-refractivity contribution in [1.82, 2.24) is 0 Å². The summed E-state index contributed by atoms with van der Waals surface area (Å²) in [5.74, 6) is -2.56. The highest BCUT2D eigenvalue weighted by molar-refractivity contribution is 6.18. The first-order valence-electron chi connectivity index (χ1n) is 4.03. The molecule has 5 nitrogen and oxygen atoms in total. The topological polar surface area (TPSA) is 57.2 Å². The van der Waals surface area contributed by atoms with Crippen LogP contribution >= 0.6 is 23.2 Å². The van der Waals surface area contributed by atoms with Crippen LogP contribution in [-0.2, 0) is 19.2 Å². The summed E-state index contributed by atoms with van der Waals surface area (Å²) in [6, 6.07) is 0. The minimum absolute atomic E-state index is 0.0362. The van der Waals surface area contributed by atoms with Crippen molar-refractivity contribution >= 4 is 23.2 Å². The van der Waals surface area contributed by atoms with Gasteiger partial charge < -0.3 is 9.84 Å². The average Bonchev–Trinajstić information content (AvgIpc) is 2.55. The van der Waals surface area contributed by atoms with Crippen molar-refractivity contribution in [2.45, 2.75) is 18.7 Å². The lowest BCUT2D eigenvalue weighted by Crippen LogP contribution is -2.40. The first-order valence-corrected chi connectivity index (χ1v) is 5.10. The highest BCUT2D eigenvalue weighted by Gasteiger charge is 2.51. The predicted molar refractivity (Wildman–Crippen MR) is 48.9 cm³/mol. The fourth-order valence-corrected chi connectivity index (χ4v) is 1.18. The maximum atomic E-state index is 8.58. The number of hydrogen-bond donors (Lipinski definition) is 1. The Kier molecular flexibility index (Phi) is 4.39. The summed E-state index contributed by atoms with van der Waals surface area (Å²) in [6.07, 6.45) is 0. The molecule has 0 aromatic rings. The summed E-state index contributed by atoms with van der Waals surface area (Å²) < 4.78 is 10.4. The number of hydrogen-bond acceptors (Lipinski definition) is 5. The second kappa shape index (κ2) is 4.94. The van der Waals surface area contributed by atoms with Crippen LogP contribution in [-0.4, -0.2) is 41.8 Å². The van der Waals surface area contributed by atoms with Crippen LogP contribution in [0.25, 0.3) is 0 Å². The van der Waals surface area contributed by atoms with E-state index in [1.807, 2.05) is 0 Å². The van der Waals surface area contributed by atoms with Gasteiger partial charge in [0, 0.05) is 0 Å². The normalized spacial score (nSPS) is 37.7. The third kappa shape index (κ3) is 2.70. The molecule has 0 radical (unpaired) electrons. The highest BCUT2D eigenvalue weighted by atomic mass is 35.5. The van der Waals surface area contributed by atoms with Crippen molar-refractivity contribution in [3.63, 3.8) is 0 Å². The van der Waals surface area contributed by atoms with Crippen molar-refractivity contribution in [3.05, 3.63) is 0 Å². The molecule has 1 rings (SSSR count). The molecule has 14 heavy (non-hydrogen) atoms. The van der Waals surface area contributed by atoms with Gasteiger partial charge in [-0.25, -0.2) is 0 Å². The largest absolute Gasteiger partial charge is 0.394 e. The second-order valence-corrected chi connectivity index (χ2v) is 3.46. The molecule has 0 saturated carbocycles. The Morgan fingerprint density at radius 1 is 1.29 bits per heavy atom. The fourth-order valence-electron chi connectivity index (χ4n) is 0.907. The Labute approximate surface area is 91.7 Å². The molecular weight excluding hydrogens is 235 g/mol. The molecular formula is C7H12Cl2O5. The van der Waals surface area contributed by atoms with Gasteiger partial charge in [0.25, 0.3) is 0 Å². The summed E-state index contributed by atoms with van der Waals surface area (Å²) in [7, 11) is 0. The van der Waals surface area contributed by atoms with Gasteiger partial charge in [0.2, 0.25) is 5.79 Å². The number of ether oxygens (including phenoxy) is 2. The lowest BCUT2D eigenvalue weighted by Gasteiger charge is -2.23. The van der Waals surface area contributed by atoms with Gasteiger partial charge in [-0.05, 0) is 6.92 Å². The minimum atomic E-state index is -1.48. The molecule has 84 valence electrons. The van der Waals surface area contributed by atoms with Crippen LogP contribution in [0.15, 0.2) is 0 Å². The molecule has 1 fully saturated rings. The van der Waals surface area contributed by atoms with Crippen molar-refractivity contribution in [3.8, 4) is 0 Å². The summed E-state index contributed by atoms with van der Waals surface area (Å²) in [5.41, 5.74) is 0. The lowest BCUT2D eigenvalue weighted by molar-refractivity contribution is -0.407. The third-order valence-electron chi connectivity index (χ3n) is 1.54. The zero-order valence-corrected chi connectivity index (χ0v) is 9.18. The molecule has 0 spiro atoms. The molecule has 7 heteroatoms. The summed E-state index contributed by atoms with van der Waals surface area (Å²) in [6.45, 7) is 1.47. The van der Waals surface area contributed by atoms with E-state index in [0.29, 0.717) is 0 Å². The smallest absolute Gasteiger partial charge is 0.328 e. The van der Waals surface area contributed by atoms with Gasteiger partial charge in [0.05, 0.1) is 19.1 Å². The van der Waals surface area contributed by atoms with Gasteiger partial charge in [-0.3, -0.25) is 4.74 Å². The SMILES string of the molecule is C[C@@]1(CCl)OO[C@](CCl)(OCCO)O1. The van der Waals surface area contributed by atoms with E-state index in [9.17, 15) is 0 Å². The van der Waals surface area contributed by atoms with E-state index in [1.165, 1.54) is 0 Å². The highest BCUT2D eigenvalue weighted by Crippen LogP contribution is 2.35. The molecule has 1 aliphatic heterocycles. The number of alkyl halides is 2. The van der Waals surface area contributed by atoms with Gasteiger partial charge in [-0.1, -0.05) is 0 Å². The van der Waals surface area contributed by atoms with Crippen LogP contribution in [0, 0.1) is 0 Å². The van der Waals surface area contributed by atoms with Crippen molar-refractivity contribution in [2.75, 3.05) is 25.0 Å². The maximum Gasteiger partial charge on any atom is 0.328 e. The lowest BCUT2D eigenvalue weighted by atomic mass is 10.4. The number of aliphatic hydroxyl groups excluding tert-OH is 1. The molecule has 1 aliphatic rings. The summed E-state index contributed by atoms with van der Waals surface area (Å²) in [5, 5.41) is 8.58. The van der Waals surface area contributed by atoms with Gasteiger partial charge >= 0.3 is 5.97 Å². The molecule has 1 heterocycles. The quantitative estimate of drug-likeness (QED) is 0.575. The van der Waals surface area contributed by atoms with E-state index in [1.54, 1.807) is 6.92 Å². The fraction of sp³-hybridized carbons (Fsp3) is 1.00. The average molecular weight is 247 g/mol. The van der Waals surface area contributed by atoms with Crippen LogP contribution < -0.4 is 0 Å². The monoisotopic (exact) mass is 246 g/mol. The zero-order valence-electron chi connectivity index (χ0n) is 7.66. The van der Waals surface area contributed by atoms with E-state index in [2.05, 4.69) is 0 Å². The zero-order chi connectivity index (χ0) is 10.7. The molecule has 0 aromatic heterocycles. The van der Waals surface area contributed by atoms with Crippen LogP contribution in [0.4, 0.5) is 0 Å². The Hall–Kier alpha value is 0.380. The molecule has 1 saturated heterocycles. The third-order valence-corrected chi connectivity index (χ3v) is 2.35. The van der Waals surface area contributed by atoms with Crippen LogP contribution in [0.1, 0.15) is 6.92 Å². The molecule has 0 aliphatic carbocycles. The first kappa shape index (κ1) is 12.4. The molecule has 0 bridgehead atoms. The van der Waals surface area contributed by atoms with Crippen LogP contribution in [0.3, 0.4) is 0 Å². The van der Waals surface area contributed by atoms with Gasteiger partial charge in [-0.15, -0.1) is 23.2 Å². The molecule has 0 amide bonds. The Morgan fingerprint density at radius 3 is 2.43 bits per heavy atom. The molecule has 1 N–H and O–H groups in total. The predicted octanol–water partition coefficient (Wildman–Crippen LogP) is 0.821. The Balaban J connectivity index is 2.56. The van der Waals surface area contributed by atoms with Crippen molar-refractivity contribution in [1.29, 1.82) is 0 Å². The Bertz CT molecular complexity index is 189. The summed E-state index contributed by atoms with van der Waals surface area (Å²) >= 11 is 11.2. The van der Waals surface area contributed by atoms with Crippen molar-refractivity contribution in [2.24, 2.45) is 0 Å². The number of rotatable bonds is 5. The van der Waals surface area contributed by atoms with Gasteiger partial charge in [0.1, 0.15) is 5.88 Å². The van der Waals surface area contributed by atoms with E-state index in [4.69, 9.17) is 47.6 Å². The van der Waals surface area contributed by atoms with Crippen molar-refractivity contribution < 1.29 is 24.4 Å². The van der Waals surface area contributed by atoms with E-state index in [0.717, 1.165) is 0 Å². The molecule has 0 unspecified atom stereocenters. The standard InChI is InChI=1S/C7H12Cl2O5/c1-6(4-8)12-7(5-9,14-13-6)11-3-2-10/h10H,2-5H2,1H3/t6-,7+/m0/s1. The van der Waals surface area contributed by atoms with Gasteiger partial charge in [0.15, 0.2) is 0 Å². The number of halogens is 2. The van der Waals surface area contributed by atoms with E-state index in [-0.39, 0.29) is 25.0 Å². The van der Waals surface area contributed by atoms with E-state index < -0.39 is 11.8 Å². The van der Waals surface area contributed by atoms with Crippen LogP contribution in [0.5, 0.6) is 0 Å². The second-order valence-electron chi connectivity index (χ2n) is 2.92. The molecule has 0 aromatic carbocycles. The summed E-state index contributed by atoms with van der Waals surface area (Å²) in [4.78, 5) is 9.67. The minimum Gasteiger partial charge on any atom is -0.394 e. The first-order chi connectivity index (χ1) is 6.60.